The molecule has 0 aliphatic carbocycles. The summed E-state index contributed by atoms with van der Waals surface area (Å²) in [4.78, 5) is 23.2. The highest BCUT2D eigenvalue weighted by Gasteiger charge is 2.09. The molecule has 0 saturated heterocycles. The monoisotopic (exact) mass is 276 g/mol. The Balaban J connectivity index is 2.52. The summed E-state index contributed by atoms with van der Waals surface area (Å²) in [7, 11) is 0. The Bertz CT molecular complexity index is 467. The van der Waals surface area contributed by atoms with Crippen LogP contribution in [0.2, 0.25) is 0 Å². The van der Waals surface area contributed by atoms with E-state index in [1.54, 1.807) is 44.2 Å². The quantitative estimate of drug-likeness (QED) is 0.454. The van der Waals surface area contributed by atoms with Gasteiger partial charge in [-0.3, -0.25) is 4.79 Å². The van der Waals surface area contributed by atoms with Crippen LogP contribution in [0.1, 0.15) is 24.2 Å². The molecule has 1 aromatic rings. The number of hydrogen-bond acceptors (Lipinski definition) is 4. The van der Waals surface area contributed by atoms with Gasteiger partial charge in [0.1, 0.15) is 0 Å². The van der Waals surface area contributed by atoms with Crippen LogP contribution in [0.15, 0.2) is 36.9 Å². The molecule has 0 unspecified atom stereocenters. The Hall–Kier alpha value is -2.14. The number of ether oxygens (including phenoxy) is 1. The lowest BCUT2D eigenvalue weighted by molar-refractivity contribution is -0.115. The minimum atomic E-state index is -0.370. The van der Waals surface area contributed by atoms with Crippen molar-refractivity contribution in [1.29, 1.82) is 0 Å². The van der Waals surface area contributed by atoms with E-state index in [-0.39, 0.29) is 24.5 Å². The van der Waals surface area contributed by atoms with Crippen LogP contribution in [0, 0.1) is 0 Å². The maximum Gasteiger partial charge on any atom is 0.338 e. The van der Waals surface area contributed by atoms with Gasteiger partial charge >= 0.3 is 5.97 Å². The van der Waals surface area contributed by atoms with Crippen LogP contribution in [-0.2, 0) is 9.53 Å². The summed E-state index contributed by atoms with van der Waals surface area (Å²) in [6.07, 6.45) is 1.53. The Kier molecular flexibility index (Phi) is 6.46. The van der Waals surface area contributed by atoms with E-state index in [1.807, 2.05) is 0 Å². The Labute approximate surface area is 119 Å². The lowest BCUT2D eigenvalue weighted by Crippen LogP contribution is -2.28. The molecule has 1 rings (SSSR count). The summed E-state index contributed by atoms with van der Waals surface area (Å²) >= 11 is 0. The van der Waals surface area contributed by atoms with E-state index in [0.29, 0.717) is 17.8 Å². The SMILES string of the molecule is C=CCNCC(=O)Nc1ccc(C(=O)OC(C)C)cc1. The van der Waals surface area contributed by atoms with Gasteiger partial charge in [-0.15, -0.1) is 6.58 Å². The molecule has 108 valence electrons. The highest BCUT2D eigenvalue weighted by atomic mass is 16.5. The molecule has 0 saturated carbocycles. The first-order chi connectivity index (χ1) is 9.52. The fraction of sp³-hybridized carbons (Fsp3) is 0.333. The van der Waals surface area contributed by atoms with Gasteiger partial charge < -0.3 is 15.4 Å². The molecule has 0 aliphatic rings. The third-order valence-electron chi connectivity index (χ3n) is 2.32. The number of carbonyl (C=O) groups is 2. The van der Waals surface area contributed by atoms with E-state index in [4.69, 9.17) is 4.74 Å². The molecule has 0 aliphatic heterocycles. The summed E-state index contributed by atoms with van der Waals surface area (Å²) in [5.74, 6) is -0.519. The van der Waals surface area contributed by atoms with Gasteiger partial charge in [0, 0.05) is 12.2 Å². The summed E-state index contributed by atoms with van der Waals surface area (Å²) in [6.45, 7) is 7.93. The van der Waals surface area contributed by atoms with Gasteiger partial charge in [0.25, 0.3) is 0 Å². The number of nitrogens with one attached hydrogen (secondary N) is 2. The third kappa shape index (κ3) is 5.67. The fourth-order valence-corrected chi connectivity index (χ4v) is 1.46. The van der Waals surface area contributed by atoms with Crippen molar-refractivity contribution in [3.63, 3.8) is 0 Å². The van der Waals surface area contributed by atoms with Gasteiger partial charge in [0.2, 0.25) is 5.91 Å². The first kappa shape index (κ1) is 15.9. The lowest BCUT2D eigenvalue weighted by atomic mass is 10.2. The summed E-state index contributed by atoms with van der Waals surface area (Å²) in [5.41, 5.74) is 1.10. The molecule has 0 heterocycles. The van der Waals surface area contributed by atoms with Crippen LogP contribution in [0.25, 0.3) is 0 Å². The highest BCUT2D eigenvalue weighted by Crippen LogP contribution is 2.11. The lowest BCUT2D eigenvalue weighted by Gasteiger charge is -2.09. The van der Waals surface area contributed by atoms with Crippen LogP contribution in [0.3, 0.4) is 0 Å². The van der Waals surface area contributed by atoms with Crippen molar-refractivity contribution < 1.29 is 14.3 Å². The van der Waals surface area contributed by atoms with Crippen LogP contribution < -0.4 is 10.6 Å². The number of hydrogen-bond donors (Lipinski definition) is 2. The molecule has 2 N–H and O–H groups in total. The Morgan fingerprint density at radius 3 is 2.50 bits per heavy atom. The maximum absolute atomic E-state index is 11.6. The minimum absolute atomic E-state index is 0.149. The predicted molar refractivity (Wildman–Crippen MR) is 78.7 cm³/mol. The van der Waals surface area contributed by atoms with E-state index < -0.39 is 0 Å². The molecule has 20 heavy (non-hydrogen) atoms. The normalized spacial score (nSPS) is 10.2. The van der Waals surface area contributed by atoms with Crippen molar-refractivity contribution in [2.24, 2.45) is 0 Å². The molecule has 0 spiro atoms. The maximum atomic E-state index is 11.6. The van der Waals surface area contributed by atoms with Crippen LogP contribution in [0.5, 0.6) is 0 Å². The van der Waals surface area contributed by atoms with Gasteiger partial charge in [-0.2, -0.15) is 0 Å². The average molecular weight is 276 g/mol. The van der Waals surface area contributed by atoms with Crippen LogP contribution >= 0.6 is 0 Å². The summed E-state index contributed by atoms with van der Waals surface area (Å²) < 4.78 is 5.08. The van der Waals surface area contributed by atoms with E-state index in [1.165, 1.54) is 0 Å². The predicted octanol–water partition coefficient (Wildman–Crippen LogP) is 1.97. The minimum Gasteiger partial charge on any atom is -0.459 e. The molecule has 0 bridgehead atoms. The molecular weight excluding hydrogens is 256 g/mol. The summed E-state index contributed by atoms with van der Waals surface area (Å²) in [6, 6.07) is 6.58. The topological polar surface area (TPSA) is 67.4 Å². The van der Waals surface area contributed by atoms with Crippen molar-refractivity contribution in [2.75, 3.05) is 18.4 Å². The molecule has 0 fully saturated rings. The molecule has 0 aromatic heterocycles. The number of rotatable bonds is 7. The first-order valence-electron chi connectivity index (χ1n) is 6.45. The highest BCUT2D eigenvalue weighted by molar-refractivity contribution is 5.94. The summed E-state index contributed by atoms with van der Waals surface area (Å²) in [5, 5.41) is 5.62. The van der Waals surface area contributed by atoms with Crippen molar-refractivity contribution >= 4 is 17.6 Å². The molecule has 1 amide bonds. The second-order valence-corrected chi connectivity index (χ2v) is 4.50. The second-order valence-electron chi connectivity index (χ2n) is 4.50. The average Bonchev–Trinajstić information content (AvgIpc) is 2.39. The zero-order chi connectivity index (χ0) is 15.0. The van der Waals surface area contributed by atoms with Crippen molar-refractivity contribution in [3.05, 3.63) is 42.5 Å². The fourth-order valence-electron chi connectivity index (χ4n) is 1.46. The Morgan fingerprint density at radius 1 is 1.30 bits per heavy atom. The Morgan fingerprint density at radius 2 is 1.95 bits per heavy atom. The molecule has 5 nitrogen and oxygen atoms in total. The number of carbonyl (C=O) groups excluding carboxylic acids is 2. The largest absolute Gasteiger partial charge is 0.459 e. The van der Waals surface area contributed by atoms with Gasteiger partial charge in [0.15, 0.2) is 0 Å². The van der Waals surface area contributed by atoms with Crippen LogP contribution in [-0.4, -0.2) is 31.1 Å². The number of anilines is 1. The first-order valence-corrected chi connectivity index (χ1v) is 6.45. The second kappa shape index (κ2) is 8.12. The molecule has 1 aromatic carbocycles. The molecule has 0 radical (unpaired) electrons. The zero-order valence-electron chi connectivity index (χ0n) is 11.8. The van der Waals surface area contributed by atoms with E-state index >= 15 is 0 Å². The van der Waals surface area contributed by atoms with E-state index in [9.17, 15) is 9.59 Å². The van der Waals surface area contributed by atoms with E-state index in [0.717, 1.165) is 0 Å². The molecule has 0 atom stereocenters. The van der Waals surface area contributed by atoms with Gasteiger partial charge in [0.05, 0.1) is 18.2 Å². The van der Waals surface area contributed by atoms with Gasteiger partial charge in [-0.25, -0.2) is 4.79 Å². The van der Waals surface area contributed by atoms with E-state index in [2.05, 4.69) is 17.2 Å². The van der Waals surface area contributed by atoms with Gasteiger partial charge in [-0.1, -0.05) is 6.08 Å². The van der Waals surface area contributed by atoms with Crippen LogP contribution in [0.4, 0.5) is 5.69 Å². The van der Waals surface area contributed by atoms with Gasteiger partial charge in [-0.05, 0) is 38.1 Å². The molecular formula is C15H20N2O3. The molecule has 5 heteroatoms. The van der Waals surface area contributed by atoms with Crippen molar-refractivity contribution in [1.82, 2.24) is 5.32 Å². The number of amides is 1. The smallest absolute Gasteiger partial charge is 0.338 e. The zero-order valence-corrected chi connectivity index (χ0v) is 11.8. The van der Waals surface area contributed by atoms with Crippen molar-refractivity contribution in [2.45, 2.75) is 20.0 Å². The van der Waals surface area contributed by atoms with Crippen molar-refractivity contribution in [3.8, 4) is 0 Å². The third-order valence-corrected chi connectivity index (χ3v) is 2.32. The number of benzene rings is 1. The number of esters is 1. The standard InChI is InChI=1S/C15H20N2O3/c1-4-9-16-10-14(18)17-13-7-5-12(6-8-13)15(19)20-11(2)3/h4-8,11,16H,1,9-10H2,2-3H3,(H,17,18).